The van der Waals surface area contributed by atoms with Crippen molar-refractivity contribution in [1.29, 1.82) is 0 Å². The molecule has 0 radical (unpaired) electrons. The highest BCUT2D eigenvalue weighted by Gasteiger charge is 2.25. The highest BCUT2D eigenvalue weighted by atomic mass is 16.2. The van der Waals surface area contributed by atoms with Crippen LogP contribution in [0.25, 0.3) is 11.3 Å². The molecule has 1 saturated heterocycles. The van der Waals surface area contributed by atoms with Gasteiger partial charge in [-0.15, -0.1) is 0 Å². The van der Waals surface area contributed by atoms with Crippen molar-refractivity contribution in [2.24, 2.45) is 5.92 Å². The van der Waals surface area contributed by atoms with Crippen molar-refractivity contribution >= 4 is 11.8 Å². The minimum Gasteiger partial charge on any atom is -0.352 e. The number of amides is 2. The molecule has 142 valence electrons. The number of imidazole rings is 1. The normalized spacial score (nSPS) is 17.0. The summed E-state index contributed by atoms with van der Waals surface area (Å²) in [7, 11) is 0. The van der Waals surface area contributed by atoms with Gasteiger partial charge in [0.1, 0.15) is 5.82 Å². The molecule has 3 heterocycles. The first-order valence-electron chi connectivity index (χ1n) is 9.79. The van der Waals surface area contributed by atoms with Gasteiger partial charge in [-0.3, -0.25) is 9.59 Å². The molecule has 0 atom stereocenters. The topological polar surface area (TPSA) is 67.2 Å². The van der Waals surface area contributed by atoms with Gasteiger partial charge in [0, 0.05) is 57.2 Å². The van der Waals surface area contributed by atoms with Crippen molar-refractivity contribution in [3.05, 3.63) is 41.9 Å². The second-order valence-corrected chi connectivity index (χ2v) is 7.54. The molecule has 1 aromatic heterocycles. The Labute approximate surface area is 159 Å². The number of carbonyl (C=O) groups excluding carboxylic acids is 2. The average Bonchev–Trinajstić information content (AvgIpc) is 3.28. The zero-order chi connectivity index (χ0) is 18.8. The van der Waals surface area contributed by atoms with E-state index in [1.807, 2.05) is 17.0 Å². The third-order valence-electron chi connectivity index (χ3n) is 5.66. The fourth-order valence-electron chi connectivity index (χ4n) is 4.02. The molecular formula is C21H26N4O2. The quantitative estimate of drug-likeness (QED) is 0.903. The second-order valence-electron chi connectivity index (χ2n) is 7.54. The van der Waals surface area contributed by atoms with Gasteiger partial charge in [0.05, 0.1) is 5.69 Å². The summed E-state index contributed by atoms with van der Waals surface area (Å²) in [6.45, 7) is 4.51. The van der Waals surface area contributed by atoms with Crippen LogP contribution < -0.4 is 5.32 Å². The van der Waals surface area contributed by atoms with Crippen LogP contribution >= 0.6 is 0 Å². The van der Waals surface area contributed by atoms with Crippen LogP contribution in [-0.2, 0) is 29.1 Å². The molecule has 2 aliphatic rings. The fraction of sp³-hybridized carbons (Fsp3) is 0.476. The Hall–Kier alpha value is -2.63. The molecule has 6 nitrogen and oxygen atoms in total. The summed E-state index contributed by atoms with van der Waals surface area (Å²) in [4.78, 5) is 30.4. The molecule has 1 N–H and O–H groups in total. The number of nitrogens with one attached hydrogen (secondary N) is 1. The summed E-state index contributed by atoms with van der Waals surface area (Å²) in [5, 5.41) is 3.06. The molecule has 0 spiro atoms. The maximum absolute atomic E-state index is 12.5. The molecule has 1 fully saturated rings. The second kappa shape index (κ2) is 7.55. The zero-order valence-electron chi connectivity index (χ0n) is 15.8. The molecule has 2 aliphatic heterocycles. The summed E-state index contributed by atoms with van der Waals surface area (Å²) in [5.74, 6) is 1.35. The van der Waals surface area contributed by atoms with Gasteiger partial charge in [-0.1, -0.05) is 18.2 Å². The lowest BCUT2D eigenvalue weighted by Crippen LogP contribution is -2.42. The van der Waals surface area contributed by atoms with E-state index in [0.29, 0.717) is 19.6 Å². The number of rotatable bonds is 4. The van der Waals surface area contributed by atoms with E-state index < -0.39 is 0 Å². The van der Waals surface area contributed by atoms with E-state index in [1.165, 1.54) is 12.2 Å². The summed E-state index contributed by atoms with van der Waals surface area (Å²) >= 11 is 0. The Bertz CT molecular complexity index is 828. The lowest BCUT2D eigenvalue weighted by Gasteiger charge is -2.30. The number of benzene rings is 1. The molecule has 2 amide bonds. The molecule has 4 rings (SSSR count). The Kier molecular flexibility index (Phi) is 4.97. The molecule has 2 aromatic rings. The molecule has 1 aromatic carbocycles. The van der Waals surface area contributed by atoms with Gasteiger partial charge >= 0.3 is 0 Å². The fourth-order valence-corrected chi connectivity index (χ4v) is 4.02. The molecule has 27 heavy (non-hydrogen) atoms. The molecular weight excluding hydrogens is 340 g/mol. The maximum Gasteiger partial charge on any atom is 0.223 e. The van der Waals surface area contributed by atoms with Crippen LogP contribution in [0.5, 0.6) is 0 Å². The van der Waals surface area contributed by atoms with Gasteiger partial charge < -0.3 is 14.8 Å². The zero-order valence-corrected chi connectivity index (χ0v) is 15.8. The molecule has 6 heteroatoms. The van der Waals surface area contributed by atoms with E-state index in [2.05, 4.69) is 28.2 Å². The third-order valence-corrected chi connectivity index (χ3v) is 5.66. The average molecular weight is 366 g/mol. The number of aryl methyl sites for hydroxylation is 2. The highest BCUT2D eigenvalue weighted by Crippen LogP contribution is 2.24. The number of piperidine rings is 1. The summed E-state index contributed by atoms with van der Waals surface area (Å²) in [6, 6.07) is 8.23. The summed E-state index contributed by atoms with van der Waals surface area (Å²) in [5.41, 5.74) is 3.18. The lowest BCUT2D eigenvalue weighted by molar-refractivity contribution is -0.134. The first-order chi connectivity index (χ1) is 13.1. The lowest BCUT2D eigenvalue weighted by atomic mass is 9.96. The maximum atomic E-state index is 12.5. The molecule has 0 saturated carbocycles. The van der Waals surface area contributed by atoms with Gasteiger partial charge in [-0.2, -0.15) is 0 Å². The van der Waals surface area contributed by atoms with Gasteiger partial charge in [-0.05, 0) is 30.9 Å². The van der Waals surface area contributed by atoms with E-state index in [1.54, 1.807) is 6.92 Å². The highest BCUT2D eigenvalue weighted by molar-refractivity contribution is 5.79. The molecule has 0 unspecified atom stereocenters. The van der Waals surface area contributed by atoms with Crippen LogP contribution in [0.4, 0.5) is 0 Å². The smallest absolute Gasteiger partial charge is 0.223 e. The first kappa shape index (κ1) is 17.8. The van der Waals surface area contributed by atoms with Gasteiger partial charge in [0.15, 0.2) is 0 Å². The van der Waals surface area contributed by atoms with Crippen molar-refractivity contribution < 1.29 is 9.59 Å². The monoisotopic (exact) mass is 366 g/mol. The van der Waals surface area contributed by atoms with E-state index in [9.17, 15) is 9.59 Å². The van der Waals surface area contributed by atoms with Crippen LogP contribution in [0.2, 0.25) is 0 Å². The Morgan fingerprint density at radius 1 is 1.22 bits per heavy atom. The number of hydrogen-bond donors (Lipinski definition) is 1. The molecule has 0 bridgehead atoms. The number of hydrogen-bond acceptors (Lipinski definition) is 3. The van der Waals surface area contributed by atoms with Crippen molar-refractivity contribution in [3.63, 3.8) is 0 Å². The standard InChI is InChI=1S/C21H26N4O2/c1-15(26)24-10-7-17(8-11-24)21(27)22-13-16-4-2-5-18(12-16)19-14-25-9-3-6-20(25)23-19/h2,4-5,12,14,17H,3,6-11,13H2,1H3,(H,22,27). The van der Waals surface area contributed by atoms with Crippen LogP contribution in [0.1, 0.15) is 37.6 Å². The largest absolute Gasteiger partial charge is 0.352 e. The predicted molar refractivity (Wildman–Crippen MR) is 103 cm³/mol. The number of aromatic nitrogens is 2. The van der Waals surface area contributed by atoms with Gasteiger partial charge in [0.2, 0.25) is 11.8 Å². The predicted octanol–water partition coefficient (Wildman–Crippen LogP) is 2.37. The van der Waals surface area contributed by atoms with E-state index >= 15 is 0 Å². The third kappa shape index (κ3) is 3.89. The van der Waals surface area contributed by atoms with Crippen molar-refractivity contribution in [2.75, 3.05) is 13.1 Å². The van der Waals surface area contributed by atoms with Crippen LogP contribution in [0.15, 0.2) is 30.5 Å². The van der Waals surface area contributed by atoms with Crippen LogP contribution in [0.3, 0.4) is 0 Å². The van der Waals surface area contributed by atoms with Crippen LogP contribution in [0, 0.1) is 5.92 Å². The van der Waals surface area contributed by atoms with Crippen molar-refractivity contribution in [3.8, 4) is 11.3 Å². The van der Waals surface area contributed by atoms with Crippen LogP contribution in [-0.4, -0.2) is 39.4 Å². The molecule has 0 aliphatic carbocycles. The van der Waals surface area contributed by atoms with E-state index in [0.717, 1.165) is 42.6 Å². The number of fused-ring (bicyclic) bond motifs is 1. The van der Waals surface area contributed by atoms with E-state index in [-0.39, 0.29) is 17.7 Å². The van der Waals surface area contributed by atoms with Crippen molar-refractivity contribution in [1.82, 2.24) is 19.8 Å². The van der Waals surface area contributed by atoms with E-state index in [4.69, 9.17) is 4.98 Å². The Morgan fingerprint density at radius 2 is 2.04 bits per heavy atom. The summed E-state index contributed by atoms with van der Waals surface area (Å²) < 4.78 is 2.23. The van der Waals surface area contributed by atoms with Gasteiger partial charge in [-0.25, -0.2) is 4.98 Å². The minimum absolute atomic E-state index is 0.0000946. The minimum atomic E-state index is -0.0000946. The number of likely N-dealkylation sites (tertiary alicyclic amines) is 1. The summed E-state index contributed by atoms with van der Waals surface area (Å²) in [6.07, 6.45) is 5.85. The SMILES string of the molecule is CC(=O)N1CCC(C(=O)NCc2cccc(-c3cn4c(n3)CCC4)c2)CC1. The Morgan fingerprint density at radius 3 is 2.78 bits per heavy atom. The van der Waals surface area contributed by atoms with Gasteiger partial charge in [0.25, 0.3) is 0 Å². The first-order valence-corrected chi connectivity index (χ1v) is 9.79. The number of carbonyl (C=O) groups is 2. The number of nitrogens with zero attached hydrogens (tertiary/aromatic N) is 3. The van der Waals surface area contributed by atoms with Crippen molar-refractivity contribution in [2.45, 2.75) is 45.7 Å². The Balaban J connectivity index is 1.34.